The molecule has 3 N–H and O–H groups in total. The predicted octanol–water partition coefficient (Wildman–Crippen LogP) is 1.66. The normalized spacial score (nSPS) is 24.4. The Morgan fingerprint density at radius 1 is 1.58 bits per heavy atom. The highest BCUT2D eigenvalue weighted by Crippen LogP contribution is 2.21. The van der Waals surface area contributed by atoms with E-state index in [1.54, 1.807) is 18.2 Å². The van der Waals surface area contributed by atoms with E-state index in [1.165, 1.54) is 0 Å². The van der Waals surface area contributed by atoms with Crippen LogP contribution in [0.3, 0.4) is 0 Å². The summed E-state index contributed by atoms with van der Waals surface area (Å²) in [5, 5.41) is 9.70. The fourth-order valence-electron chi connectivity index (χ4n) is 2.50. The molecule has 0 radical (unpaired) electrons. The van der Waals surface area contributed by atoms with Crippen LogP contribution in [0.25, 0.3) is 0 Å². The monoisotopic (exact) mass is 282 g/mol. The number of hydrogen-bond donors (Lipinski definition) is 2. The maximum Gasteiger partial charge on any atom is 0.137 e. The van der Waals surface area contributed by atoms with Crippen LogP contribution in [0.1, 0.15) is 24.5 Å². The summed E-state index contributed by atoms with van der Waals surface area (Å²) in [6.45, 7) is 4.10. The molecule has 0 aliphatic carbocycles. The molecule has 0 saturated carbocycles. The van der Waals surface area contributed by atoms with Gasteiger partial charge in [-0.05, 0) is 18.4 Å². The molecule has 0 amide bonds. The van der Waals surface area contributed by atoms with Gasteiger partial charge in [-0.3, -0.25) is 4.90 Å². The Kier molecular flexibility index (Phi) is 4.50. The highest BCUT2D eigenvalue weighted by Gasteiger charge is 2.24. The highest BCUT2D eigenvalue weighted by atomic mass is 32.1. The van der Waals surface area contributed by atoms with Crippen LogP contribution < -0.4 is 5.73 Å². The first-order valence-electron chi connectivity index (χ1n) is 6.46. The van der Waals surface area contributed by atoms with E-state index in [9.17, 15) is 9.50 Å². The minimum atomic E-state index is -0.325. The van der Waals surface area contributed by atoms with Crippen LogP contribution >= 0.6 is 12.2 Å². The lowest BCUT2D eigenvalue weighted by Gasteiger charge is -2.34. The predicted molar refractivity (Wildman–Crippen MR) is 77.4 cm³/mol. The first-order valence-corrected chi connectivity index (χ1v) is 6.87. The minimum Gasteiger partial charge on any atom is -0.393 e. The molecule has 2 rings (SSSR count). The zero-order valence-corrected chi connectivity index (χ0v) is 11.8. The van der Waals surface area contributed by atoms with Crippen molar-refractivity contribution in [2.75, 3.05) is 13.1 Å². The maximum atomic E-state index is 14.2. The number of halogens is 1. The van der Waals surface area contributed by atoms with Crippen LogP contribution in [0.2, 0.25) is 0 Å². The molecular weight excluding hydrogens is 263 g/mol. The molecule has 1 heterocycles. The lowest BCUT2D eigenvalue weighted by atomic mass is 9.96. The van der Waals surface area contributed by atoms with E-state index in [2.05, 4.69) is 4.90 Å². The molecule has 19 heavy (non-hydrogen) atoms. The Hall–Kier alpha value is -1.04. The van der Waals surface area contributed by atoms with Gasteiger partial charge in [0.2, 0.25) is 0 Å². The number of rotatable bonds is 3. The summed E-state index contributed by atoms with van der Waals surface area (Å²) in [4.78, 5) is 2.24. The van der Waals surface area contributed by atoms with Crippen LogP contribution in [0, 0.1) is 11.7 Å². The van der Waals surface area contributed by atoms with Crippen molar-refractivity contribution in [2.24, 2.45) is 11.7 Å². The van der Waals surface area contributed by atoms with Gasteiger partial charge in [0.25, 0.3) is 0 Å². The summed E-state index contributed by atoms with van der Waals surface area (Å²) in [5.74, 6) is -0.107. The molecule has 0 bridgehead atoms. The van der Waals surface area contributed by atoms with Crippen molar-refractivity contribution in [3.05, 3.63) is 35.1 Å². The molecule has 1 fully saturated rings. The second kappa shape index (κ2) is 5.94. The third kappa shape index (κ3) is 3.29. The fourth-order valence-corrected chi connectivity index (χ4v) is 2.65. The van der Waals surface area contributed by atoms with Crippen LogP contribution in [-0.2, 0) is 6.54 Å². The molecule has 1 aliphatic rings. The van der Waals surface area contributed by atoms with Crippen molar-refractivity contribution < 1.29 is 9.50 Å². The zero-order valence-electron chi connectivity index (χ0n) is 11.0. The first kappa shape index (κ1) is 14.4. The Morgan fingerprint density at radius 3 is 2.95 bits per heavy atom. The van der Waals surface area contributed by atoms with E-state index in [-0.39, 0.29) is 22.8 Å². The van der Waals surface area contributed by atoms with Crippen molar-refractivity contribution in [3.8, 4) is 0 Å². The van der Waals surface area contributed by atoms with Gasteiger partial charge in [0.15, 0.2) is 0 Å². The second-order valence-corrected chi connectivity index (χ2v) is 5.65. The average molecular weight is 282 g/mol. The van der Waals surface area contributed by atoms with E-state index in [1.807, 2.05) is 6.92 Å². The second-order valence-electron chi connectivity index (χ2n) is 5.21. The Morgan fingerprint density at radius 2 is 2.32 bits per heavy atom. The summed E-state index contributed by atoms with van der Waals surface area (Å²) in [7, 11) is 0. The van der Waals surface area contributed by atoms with Gasteiger partial charge >= 0.3 is 0 Å². The minimum absolute atomic E-state index is 0.0850. The lowest BCUT2D eigenvalue weighted by molar-refractivity contribution is 0.0316. The van der Waals surface area contributed by atoms with Crippen molar-refractivity contribution >= 4 is 17.2 Å². The van der Waals surface area contributed by atoms with Gasteiger partial charge in [0, 0.05) is 30.8 Å². The van der Waals surface area contributed by atoms with Crippen molar-refractivity contribution in [2.45, 2.75) is 26.0 Å². The van der Waals surface area contributed by atoms with E-state index < -0.39 is 0 Å². The van der Waals surface area contributed by atoms with E-state index in [0.717, 1.165) is 19.5 Å². The van der Waals surface area contributed by atoms with Crippen LogP contribution in [0.15, 0.2) is 18.2 Å². The number of aliphatic hydroxyl groups excluding tert-OH is 1. The van der Waals surface area contributed by atoms with Gasteiger partial charge in [-0.15, -0.1) is 0 Å². The molecule has 1 aliphatic heterocycles. The lowest BCUT2D eigenvalue weighted by Crippen LogP contribution is -2.41. The summed E-state index contributed by atoms with van der Waals surface area (Å²) in [6, 6.07) is 5.13. The topological polar surface area (TPSA) is 49.5 Å². The molecule has 2 atom stereocenters. The van der Waals surface area contributed by atoms with E-state index in [4.69, 9.17) is 18.0 Å². The molecule has 2 unspecified atom stereocenters. The molecule has 1 aromatic carbocycles. The van der Waals surface area contributed by atoms with Gasteiger partial charge in [0.05, 0.1) is 6.10 Å². The number of benzene rings is 1. The Bertz CT molecular complexity index is 481. The van der Waals surface area contributed by atoms with Crippen LogP contribution in [0.5, 0.6) is 0 Å². The smallest absolute Gasteiger partial charge is 0.137 e. The van der Waals surface area contributed by atoms with Crippen LogP contribution in [0.4, 0.5) is 4.39 Å². The molecule has 5 heteroatoms. The van der Waals surface area contributed by atoms with Crippen molar-refractivity contribution in [3.63, 3.8) is 0 Å². The van der Waals surface area contributed by atoms with Gasteiger partial charge in [-0.1, -0.05) is 31.3 Å². The number of aliphatic hydroxyl groups is 1. The standard InChI is InChI=1S/C14H19FN2OS/c1-9-7-17(6-5-12(9)18)8-10-3-2-4-11(13(10)15)14(16)19/h2-4,9,12,18H,5-8H2,1H3,(H2,16,19). The summed E-state index contributed by atoms with van der Waals surface area (Å²) < 4.78 is 14.2. The maximum absolute atomic E-state index is 14.2. The quantitative estimate of drug-likeness (QED) is 0.828. The van der Waals surface area contributed by atoms with E-state index >= 15 is 0 Å². The average Bonchev–Trinajstić information content (AvgIpc) is 2.36. The molecule has 1 aromatic rings. The van der Waals surface area contributed by atoms with Gasteiger partial charge < -0.3 is 10.8 Å². The van der Waals surface area contributed by atoms with E-state index in [0.29, 0.717) is 17.7 Å². The number of thiocarbonyl (C=S) groups is 1. The number of nitrogens with zero attached hydrogens (tertiary/aromatic N) is 1. The molecule has 0 spiro atoms. The van der Waals surface area contributed by atoms with Crippen LogP contribution in [-0.4, -0.2) is 34.2 Å². The summed E-state index contributed by atoms with van der Waals surface area (Å²) in [5.41, 5.74) is 6.41. The number of nitrogens with two attached hydrogens (primary N) is 1. The fraction of sp³-hybridized carbons (Fsp3) is 0.500. The van der Waals surface area contributed by atoms with Gasteiger partial charge in [-0.2, -0.15) is 0 Å². The number of piperidine rings is 1. The third-order valence-corrected chi connectivity index (χ3v) is 3.90. The molecule has 3 nitrogen and oxygen atoms in total. The largest absolute Gasteiger partial charge is 0.393 e. The Labute approximate surface area is 118 Å². The molecule has 0 aromatic heterocycles. The van der Waals surface area contributed by atoms with Crippen molar-refractivity contribution in [1.82, 2.24) is 4.90 Å². The third-order valence-electron chi connectivity index (χ3n) is 3.68. The summed E-state index contributed by atoms with van der Waals surface area (Å²) in [6.07, 6.45) is 0.488. The van der Waals surface area contributed by atoms with Gasteiger partial charge in [-0.25, -0.2) is 4.39 Å². The first-order chi connectivity index (χ1) is 8.99. The summed E-state index contributed by atoms with van der Waals surface area (Å²) >= 11 is 4.84. The molecule has 1 saturated heterocycles. The number of likely N-dealkylation sites (tertiary alicyclic amines) is 1. The molecule has 104 valence electrons. The van der Waals surface area contributed by atoms with Gasteiger partial charge in [0.1, 0.15) is 10.8 Å². The zero-order chi connectivity index (χ0) is 14.0. The Balaban J connectivity index is 2.11. The van der Waals surface area contributed by atoms with Crippen molar-refractivity contribution in [1.29, 1.82) is 0 Å². The number of hydrogen-bond acceptors (Lipinski definition) is 3. The molecular formula is C14H19FN2OS. The SMILES string of the molecule is CC1CN(Cc2cccc(C(N)=S)c2F)CCC1O. The highest BCUT2D eigenvalue weighted by molar-refractivity contribution is 7.80.